The Morgan fingerprint density at radius 3 is 2.42 bits per heavy atom. The van der Waals surface area contributed by atoms with E-state index in [0.717, 1.165) is 0 Å². The summed E-state index contributed by atoms with van der Waals surface area (Å²) in [6.45, 7) is 1.23. The lowest BCUT2D eigenvalue weighted by Gasteiger charge is -2.35. The monoisotopic (exact) mass is 498 g/mol. The van der Waals surface area contributed by atoms with Crippen LogP contribution in [0.25, 0.3) is 0 Å². The SMILES string of the molecule is O=C(O)NCc1ccc(NC(=O)[C@H](O)[C@H]2OCCN(c3cccc(N4CCOCC4=O)c3)C2=O)cc1. The zero-order valence-electron chi connectivity index (χ0n) is 19.3. The average molecular weight is 498 g/mol. The minimum Gasteiger partial charge on any atom is -0.465 e. The average Bonchev–Trinajstić information content (AvgIpc) is 2.88. The second-order valence-corrected chi connectivity index (χ2v) is 8.19. The van der Waals surface area contributed by atoms with Crippen molar-refractivity contribution in [2.45, 2.75) is 18.8 Å². The normalized spacial score (nSPS) is 19.1. The molecular weight excluding hydrogens is 472 g/mol. The number of hydrogen-bond acceptors (Lipinski definition) is 7. The number of amides is 4. The van der Waals surface area contributed by atoms with Crippen molar-refractivity contribution in [2.75, 3.05) is 48.0 Å². The molecule has 2 heterocycles. The molecule has 12 heteroatoms. The second-order valence-electron chi connectivity index (χ2n) is 8.19. The first-order valence-electron chi connectivity index (χ1n) is 11.3. The molecule has 2 aromatic carbocycles. The van der Waals surface area contributed by atoms with E-state index in [-0.39, 0.29) is 32.2 Å². The number of morpholine rings is 2. The first-order valence-corrected chi connectivity index (χ1v) is 11.3. The highest BCUT2D eigenvalue weighted by molar-refractivity contribution is 6.04. The van der Waals surface area contributed by atoms with Crippen molar-refractivity contribution in [3.63, 3.8) is 0 Å². The Balaban J connectivity index is 1.41. The van der Waals surface area contributed by atoms with E-state index in [4.69, 9.17) is 14.6 Å². The first-order chi connectivity index (χ1) is 17.3. The van der Waals surface area contributed by atoms with Crippen LogP contribution < -0.4 is 20.4 Å². The molecule has 0 aliphatic carbocycles. The summed E-state index contributed by atoms with van der Waals surface area (Å²) in [5, 5.41) is 24.0. The number of nitrogens with zero attached hydrogens (tertiary/aromatic N) is 2. The Morgan fingerprint density at radius 1 is 1.03 bits per heavy atom. The van der Waals surface area contributed by atoms with Crippen LogP contribution >= 0.6 is 0 Å². The highest BCUT2D eigenvalue weighted by Crippen LogP contribution is 2.26. The van der Waals surface area contributed by atoms with Gasteiger partial charge in [-0.25, -0.2) is 4.79 Å². The molecule has 0 unspecified atom stereocenters. The third-order valence-electron chi connectivity index (χ3n) is 5.78. The fourth-order valence-electron chi connectivity index (χ4n) is 3.95. The molecule has 36 heavy (non-hydrogen) atoms. The number of nitrogens with one attached hydrogen (secondary N) is 2. The molecule has 0 bridgehead atoms. The van der Waals surface area contributed by atoms with Crippen LogP contribution in [0.5, 0.6) is 0 Å². The Hall–Kier alpha value is -4.00. The highest BCUT2D eigenvalue weighted by atomic mass is 16.5. The number of carbonyl (C=O) groups is 4. The van der Waals surface area contributed by atoms with Crippen molar-refractivity contribution in [1.29, 1.82) is 0 Å². The van der Waals surface area contributed by atoms with Gasteiger partial charge in [-0.3, -0.25) is 14.4 Å². The zero-order chi connectivity index (χ0) is 25.7. The van der Waals surface area contributed by atoms with Crippen LogP contribution in [0, 0.1) is 0 Å². The molecule has 4 rings (SSSR count). The second kappa shape index (κ2) is 11.2. The number of aliphatic hydroxyl groups excluding tert-OH is 1. The number of aliphatic hydroxyl groups is 1. The van der Waals surface area contributed by atoms with E-state index < -0.39 is 30.1 Å². The van der Waals surface area contributed by atoms with Gasteiger partial charge >= 0.3 is 6.09 Å². The molecule has 2 saturated heterocycles. The molecule has 190 valence electrons. The predicted molar refractivity (Wildman–Crippen MR) is 128 cm³/mol. The standard InChI is InChI=1S/C24H26N4O8/c29-19-14-35-10-8-27(19)17-2-1-3-18(12-17)28-9-11-36-21(23(28)32)20(30)22(31)26-16-6-4-15(5-7-16)13-25-24(33)34/h1-7,12,20-21,25,30H,8-11,13-14H2,(H,26,31)(H,33,34)/t20-,21-/m1/s1. The third-order valence-corrected chi connectivity index (χ3v) is 5.78. The van der Waals surface area contributed by atoms with E-state index in [1.165, 1.54) is 4.90 Å². The molecule has 2 atom stereocenters. The maximum Gasteiger partial charge on any atom is 0.404 e. The summed E-state index contributed by atoms with van der Waals surface area (Å²) in [6.07, 6.45) is -4.33. The van der Waals surface area contributed by atoms with Gasteiger partial charge in [-0.2, -0.15) is 0 Å². The van der Waals surface area contributed by atoms with Gasteiger partial charge in [-0.05, 0) is 35.9 Å². The van der Waals surface area contributed by atoms with Crippen LogP contribution in [-0.4, -0.2) is 79.1 Å². The molecule has 0 aromatic heterocycles. The van der Waals surface area contributed by atoms with Crippen molar-refractivity contribution in [1.82, 2.24) is 5.32 Å². The van der Waals surface area contributed by atoms with Gasteiger partial charge in [0, 0.05) is 36.7 Å². The Morgan fingerprint density at radius 2 is 1.72 bits per heavy atom. The number of rotatable bonds is 7. The van der Waals surface area contributed by atoms with E-state index in [2.05, 4.69) is 10.6 Å². The number of carboxylic acid groups (broad SMARTS) is 1. The van der Waals surface area contributed by atoms with Gasteiger partial charge in [0.1, 0.15) is 6.61 Å². The summed E-state index contributed by atoms with van der Waals surface area (Å²) in [7, 11) is 0. The minimum absolute atomic E-state index is 0.00790. The van der Waals surface area contributed by atoms with Crippen LogP contribution in [0.2, 0.25) is 0 Å². The van der Waals surface area contributed by atoms with E-state index in [0.29, 0.717) is 35.8 Å². The van der Waals surface area contributed by atoms with Gasteiger partial charge in [-0.15, -0.1) is 0 Å². The smallest absolute Gasteiger partial charge is 0.404 e. The van der Waals surface area contributed by atoms with Crippen LogP contribution in [0.1, 0.15) is 5.56 Å². The molecule has 12 nitrogen and oxygen atoms in total. The zero-order valence-corrected chi connectivity index (χ0v) is 19.3. The quantitative estimate of drug-likeness (QED) is 0.431. The van der Waals surface area contributed by atoms with Crippen molar-refractivity contribution in [3.05, 3.63) is 54.1 Å². The third kappa shape index (κ3) is 5.79. The van der Waals surface area contributed by atoms with Gasteiger partial charge in [0.25, 0.3) is 17.7 Å². The van der Waals surface area contributed by atoms with Gasteiger partial charge in [-0.1, -0.05) is 18.2 Å². The number of carbonyl (C=O) groups excluding carboxylic acids is 3. The van der Waals surface area contributed by atoms with Crippen molar-refractivity contribution in [3.8, 4) is 0 Å². The van der Waals surface area contributed by atoms with Crippen LogP contribution in [0.15, 0.2) is 48.5 Å². The molecule has 2 aliphatic heterocycles. The number of benzene rings is 2. The molecule has 0 radical (unpaired) electrons. The summed E-state index contributed by atoms with van der Waals surface area (Å²) in [5.41, 5.74) is 2.18. The summed E-state index contributed by atoms with van der Waals surface area (Å²) < 4.78 is 10.6. The van der Waals surface area contributed by atoms with Crippen molar-refractivity contribution in [2.24, 2.45) is 0 Å². The number of anilines is 3. The maximum absolute atomic E-state index is 13.2. The maximum atomic E-state index is 13.2. The summed E-state index contributed by atoms with van der Waals surface area (Å²) >= 11 is 0. The van der Waals surface area contributed by atoms with Gasteiger partial charge in [0.05, 0.1) is 13.2 Å². The lowest BCUT2D eigenvalue weighted by atomic mass is 10.1. The van der Waals surface area contributed by atoms with Gasteiger partial charge < -0.3 is 40.1 Å². The molecule has 4 N–H and O–H groups in total. The molecule has 4 amide bonds. The van der Waals surface area contributed by atoms with Crippen LogP contribution in [-0.2, 0) is 30.4 Å². The fraction of sp³-hybridized carbons (Fsp3) is 0.333. The summed E-state index contributed by atoms with van der Waals surface area (Å²) in [5.74, 6) is -1.58. The van der Waals surface area contributed by atoms with E-state index in [9.17, 15) is 24.3 Å². The largest absolute Gasteiger partial charge is 0.465 e. The lowest BCUT2D eigenvalue weighted by molar-refractivity contribution is -0.150. The first kappa shape index (κ1) is 25.1. The van der Waals surface area contributed by atoms with Gasteiger partial charge in [0.15, 0.2) is 12.2 Å². The lowest BCUT2D eigenvalue weighted by Crippen LogP contribution is -2.55. The van der Waals surface area contributed by atoms with Crippen LogP contribution in [0.3, 0.4) is 0 Å². The molecular formula is C24H26N4O8. The van der Waals surface area contributed by atoms with E-state index >= 15 is 0 Å². The topological polar surface area (TPSA) is 158 Å². The molecule has 2 fully saturated rings. The highest BCUT2D eigenvalue weighted by Gasteiger charge is 2.39. The van der Waals surface area contributed by atoms with E-state index in [1.807, 2.05) is 0 Å². The van der Waals surface area contributed by atoms with Gasteiger partial charge in [0.2, 0.25) is 0 Å². The van der Waals surface area contributed by atoms with E-state index in [1.54, 1.807) is 53.4 Å². The molecule has 2 aliphatic rings. The summed E-state index contributed by atoms with van der Waals surface area (Å²) in [4.78, 5) is 51.6. The Labute approximate surface area is 206 Å². The molecule has 0 spiro atoms. The Kier molecular flexibility index (Phi) is 7.78. The Bertz CT molecular complexity index is 1140. The minimum atomic E-state index is -1.77. The van der Waals surface area contributed by atoms with Crippen molar-refractivity contribution < 1.29 is 38.9 Å². The number of hydrogen-bond donors (Lipinski definition) is 4. The van der Waals surface area contributed by atoms with Crippen molar-refractivity contribution >= 4 is 40.9 Å². The predicted octanol–water partition coefficient (Wildman–Crippen LogP) is 0.549. The summed E-state index contributed by atoms with van der Waals surface area (Å²) in [6, 6.07) is 13.3. The molecule has 0 saturated carbocycles. The fourth-order valence-corrected chi connectivity index (χ4v) is 3.95. The number of ether oxygens (including phenoxy) is 2. The van der Waals surface area contributed by atoms with Crippen LogP contribution in [0.4, 0.5) is 21.9 Å². The molecule has 2 aromatic rings.